The summed E-state index contributed by atoms with van der Waals surface area (Å²) in [7, 11) is 3.43. The van der Waals surface area contributed by atoms with Gasteiger partial charge in [0, 0.05) is 20.2 Å². The Kier molecular flexibility index (Phi) is 4.02. The molecule has 1 N–H and O–H groups in total. The average molecular weight is 276 g/mol. The topological polar surface area (TPSA) is 50.2 Å². The summed E-state index contributed by atoms with van der Waals surface area (Å²) < 4.78 is 15.2. The lowest BCUT2D eigenvalue weighted by molar-refractivity contribution is -0.115. The van der Waals surface area contributed by atoms with E-state index in [2.05, 4.69) is 10.4 Å². The van der Waals surface area contributed by atoms with Crippen molar-refractivity contribution in [2.45, 2.75) is 6.92 Å². The van der Waals surface area contributed by atoms with E-state index in [9.17, 15) is 9.18 Å². The van der Waals surface area contributed by atoms with Crippen molar-refractivity contribution in [1.29, 1.82) is 0 Å². The Morgan fingerprint density at radius 2 is 2.15 bits per heavy atom. The standard InChI is InChI=1S/C14H17FN4O/c1-10-8-13(19(3)17-10)16-14(20)9-18(2)12-7-5-4-6-11(12)15/h4-8H,9H2,1-3H3,(H,16,20). The molecule has 1 aromatic carbocycles. The highest BCUT2D eigenvalue weighted by Crippen LogP contribution is 2.17. The van der Waals surface area contributed by atoms with E-state index < -0.39 is 0 Å². The Hall–Kier alpha value is -2.37. The fraction of sp³-hybridized carbons (Fsp3) is 0.286. The van der Waals surface area contributed by atoms with Crippen LogP contribution in [-0.2, 0) is 11.8 Å². The van der Waals surface area contributed by atoms with Crippen LogP contribution in [0.4, 0.5) is 15.9 Å². The zero-order valence-electron chi connectivity index (χ0n) is 11.7. The third-order valence-electron chi connectivity index (χ3n) is 2.91. The number of carbonyl (C=O) groups excluding carboxylic acids is 1. The molecule has 0 saturated heterocycles. The van der Waals surface area contributed by atoms with Gasteiger partial charge >= 0.3 is 0 Å². The number of anilines is 2. The zero-order chi connectivity index (χ0) is 14.7. The molecule has 0 bridgehead atoms. The summed E-state index contributed by atoms with van der Waals surface area (Å²) in [5.41, 5.74) is 1.22. The lowest BCUT2D eigenvalue weighted by Gasteiger charge is -2.19. The van der Waals surface area contributed by atoms with Crippen LogP contribution in [0.1, 0.15) is 5.69 Å². The number of benzene rings is 1. The normalized spacial score (nSPS) is 10.4. The van der Waals surface area contributed by atoms with E-state index in [0.717, 1.165) is 5.69 Å². The average Bonchev–Trinajstić information content (AvgIpc) is 2.68. The molecule has 0 aliphatic carbocycles. The molecule has 0 saturated carbocycles. The lowest BCUT2D eigenvalue weighted by Crippen LogP contribution is -2.31. The van der Waals surface area contributed by atoms with Crippen LogP contribution in [0.2, 0.25) is 0 Å². The van der Waals surface area contributed by atoms with Crippen molar-refractivity contribution < 1.29 is 9.18 Å². The fourth-order valence-corrected chi connectivity index (χ4v) is 1.97. The predicted octanol–water partition coefficient (Wildman–Crippen LogP) is 1.94. The van der Waals surface area contributed by atoms with Crippen LogP contribution in [0.25, 0.3) is 0 Å². The minimum absolute atomic E-state index is 0.0607. The van der Waals surface area contributed by atoms with Crippen molar-refractivity contribution in [2.24, 2.45) is 7.05 Å². The summed E-state index contributed by atoms with van der Waals surface area (Å²) in [5.74, 6) is 0.0485. The molecule has 0 aliphatic rings. The quantitative estimate of drug-likeness (QED) is 0.928. The summed E-state index contributed by atoms with van der Waals surface area (Å²) in [6.45, 7) is 1.91. The van der Waals surface area contributed by atoms with Crippen LogP contribution in [0.15, 0.2) is 30.3 Å². The Labute approximate surface area is 117 Å². The number of para-hydroxylation sites is 1. The van der Waals surface area contributed by atoms with Crippen LogP contribution in [0, 0.1) is 12.7 Å². The maximum atomic E-state index is 13.6. The third kappa shape index (κ3) is 3.14. The van der Waals surface area contributed by atoms with E-state index >= 15 is 0 Å². The van der Waals surface area contributed by atoms with Crippen molar-refractivity contribution in [3.05, 3.63) is 41.8 Å². The molecule has 0 radical (unpaired) electrons. The molecule has 1 amide bonds. The molecule has 6 heteroatoms. The number of hydrogen-bond donors (Lipinski definition) is 1. The number of likely N-dealkylation sites (N-methyl/N-ethyl adjacent to an activating group) is 1. The van der Waals surface area contributed by atoms with Crippen molar-refractivity contribution in [3.63, 3.8) is 0 Å². The first kappa shape index (κ1) is 14.0. The Morgan fingerprint density at radius 1 is 1.45 bits per heavy atom. The smallest absolute Gasteiger partial charge is 0.245 e. The van der Waals surface area contributed by atoms with Gasteiger partial charge in [0.1, 0.15) is 11.6 Å². The molecule has 0 unspecified atom stereocenters. The molecule has 1 aromatic heterocycles. The molecule has 2 rings (SSSR count). The van der Waals surface area contributed by atoms with E-state index in [1.165, 1.54) is 6.07 Å². The number of nitrogens with one attached hydrogen (secondary N) is 1. The molecular formula is C14H17FN4O. The Bertz CT molecular complexity index is 623. The first-order valence-electron chi connectivity index (χ1n) is 6.23. The van der Waals surface area contributed by atoms with E-state index in [0.29, 0.717) is 11.5 Å². The van der Waals surface area contributed by atoms with Crippen LogP contribution in [0.5, 0.6) is 0 Å². The molecule has 5 nitrogen and oxygen atoms in total. The number of hydrogen-bond acceptors (Lipinski definition) is 3. The van der Waals surface area contributed by atoms with Gasteiger partial charge in [-0.25, -0.2) is 4.39 Å². The number of aromatic nitrogens is 2. The van der Waals surface area contributed by atoms with Gasteiger partial charge in [-0.3, -0.25) is 9.48 Å². The van der Waals surface area contributed by atoms with E-state index in [1.54, 1.807) is 47.9 Å². The highest BCUT2D eigenvalue weighted by atomic mass is 19.1. The predicted molar refractivity (Wildman–Crippen MR) is 76.2 cm³/mol. The number of carbonyl (C=O) groups is 1. The number of rotatable bonds is 4. The van der Waals surface area contributed by atoms with E-state index in [-0.39, 0.29) is 18.3 Å². The largest absolute Gasteiger partial charge is 0.363 e. The highest BCUT2D eigenvalue weighted by molar-refractivity contribution is 5.93. The third-order valence-corrected chi connectivity index (χ3v) is 2.91. The molecule has 0 spiro atoms. The van der Waals surface area contributed by atoms with Gasteiger partial charge in [-0.1, -0.05) is 12.1 Å². The van der Waals surface area contributed by atoms with Crippen molar-refractivity contribution in [1.82, 2.24) is 9.78 Å². The second-order valence-electron chi connectivity index (χ2n) is 4.65. The van der Waals surface area contributed by atoms with Crippen LogP contribution in [-0.4, -0.2) is 29.3 Å². The van der Waals surface area contributed by atoms with Crippen LogP contribution < -0.4 is 10.2 Å². The van der Waals surface area contributed by atoms with Crippen LogP contribution >= 0.6 is 0 Å². The van der Waals surface area contributed by atoms with E-state index in [1.807, 2.05) is 6.92 Å². The first-order valence-corrected chi connectivity index (χ1v) is 6.23. The molecule has 106 valence electrons. The number of aryl methyl sites for hydroxylation is 2. The van der Waals surface area contributed by atoms with Gasteiger partial charge in [0.2, 0.25) is 5.91 Å². The second-order valence-corrected chi connectivity index (χ2v) is 4.65. The monoisotopic (exact) mass is 276 g/mol. The molecule has 0 fully saturated rings. The van der Waals surface area contributed by atoms with Crippen molar-refractivity contribution in [2.75, 3.05) is 23.8 Å². The SMILES string of the molecule is Cc1cc(NC(=O)CN(C)c2ccccc2F)n(C)n1. The molecule has 0 aliphatic heterocycles. The number of amides is 1. The fourth-order valence-electron chi connectivity index (χ4n) is 1.97. The molecular weight excluding hydrogens is 259 g/mol. The minimum atomic E-state index is -0.348. The lowest BCUT2D eigenvalue weighted by atomic mass is 10.3. The Balaban J connectivity index is 2.01. The summed E-state index contributed by atoms with van der Waals surface area (Å²) in [4.78, 5) is 13.5. The minimum Gasteiger partial charge on any atom is -0.363 e. The molecule has 2 aromatic rings. The highest BCUT2D eigenvalue weighted by Gasteiger charge is 2.12. The molecule has 1 heterocycles. The van der Waals surface area contributed by atoms with Gasteiger partial charge in [-0.2, -0.15) is 5.10 Å². The second kappa shape index (κ2) is 5.73. The number of halogens is 1. The summed E-state index contributed by atoms with van der Waals surface area (Å²) in [5, 5.41) is 6.89. The zero-order valence-corrected chi connectivity index (χ0v) is 11.7. The van der Waals surface area contributed by atoms with Gasteiger partial charge < -0.3 is 10.2 Å². The first-order chi connectivity index (χ1) is 9.47. The van der Waals surface area contributed by atoms with Gasteiger partial charge in [0.15, 0.2) is 0 Å². The summed E-state index contributed by atoms with van der Waals surface area (Å²) in [6.07, 6.45) is 0. The summed E-state index contributed by atoms with van der Waals surface area (Å²) >= 11 is 0. The maximum absolute atomic E-state index is 13.6. The van der Waals surface area contributed by atoms with Crippen molar-refractivity contribution >= 4 is 17.4 Å². The molecule has 20 heavy (non-hydrogen) atoms. The van der Waals surface area contributed by atoms with Gasteiger partial charge in [0.05, 0.1) is 17.9 Å². The maximum Gasteiger partial charge on any atom is 0.245 e. The Morgan fingerprint density at radius 3 is 2.75 bits per heavy atom. The van der Waals surface area contributed by atoms with Crippen LogP contribution in [0.3, 0.4) is 0 Å². The summed E-state index contributed by atoms with van der Waals surface area (Å²) in [6, 6.07) is 8.13. The molecule has 0 atom stereocenters. The van der Waals surface area contributed by atoms with Gasteiger partial charge in [0.25, 0.3) is 0 Å². The van der Waals surface area contributed by atoms with Gasteiger partial charge in [-0.05, 0) is 19.1 Å². The van der Waals surface area contributed by atoms with Gasteiger partial charge in [-0.15, -0.1) is 0 Å². The van der Waals surface area contributed by atoms with Crippen molar-refractivity contribution in [3.8, 4) is 0 Å². The van der Waals surface area contributed by atoms with E-state index in [4.69, 9.17) is 0 Å². The number of nitrogens with zero attached hydrogens (tertiary/aromatic N) is 3.